The van der Waals surface area contributed by atoms with Crippen molar-refractivity contribution in [3.05, 3.63) is 18.3 Å². The van der Waals surface area contributed by atoms with Crippen molar-refractivity contribution >= 4 is 17.4 Å². The Morgan fingerprint density at radius 1 is 1.44 bits per heavy atom. The van der Waals surface area contributed by atoms with Gasteiger partial charge in [0.15, 0.2) is 0 Å². The van der Waals surface area contributed by atoms with Crippen LogP contribution in [0.25, 0.3) is 0 Å². The summed E-state index contributed by atoms with van der Waals surface area (Å²) in [5, 5.41) is 3.01. The number of nitrogens with zero attached hydrogens (tertiary/aromatic N) is 2. The van der Waals surface area contributed by atoms with Crippen LogP contribution in [0.2, 0.25) is 0 Å². The number of carbonyl (C=O) groups excluding carboxylic acids is 1. The number of rotatable bonds is 5. The Hall–Kier alpha value is -1.78. The molecule has 0 atom stereocenters. The van der Waals surface area contributed by atoms with Gasteiger partial charge in [-0.1, -0.05) is 0 Å². The Morgan fingerprint density at radius 2 is 2.12 bits per heavy atom. The zero-order chi connectivity index (χ0) is 12.0. The standard InChI is InChI=1S/C11H18N4O/c1-3-15(4-2)11(16)8-13-9-5-6-10(12)14-7-9/h5-7,13H,3-4,8H2,1-2H3,(H2,12,14). The topological polar surface area (TPSA) is 71.2 Å². The van der Waals surface area contributed by atoms with Crippen molar-refractivity contribution in [1.82, 2.24) is 9.88 Å². The van der Waals surface area contributed by atoms with Gasteiger partial charge < -0.3 is 16.0 Å². The Morgan fingerprint density at radius 3 is 2.62 bits per heavy atom. The fourth-order valence-corrected chi connectivity index (χ4v) is 1.38. The largest absolute Gasteiger partial charge is 0.384 e. The van der Waals surface area contributed by atoms with E-state index in [4.69, 9.17) is 5.73 Å². The number of hydrogen-bond acceptors (Lipinski definition) is 4. The van der Waals surface area contributed by atoms with Crippen LogP contribution in [0.15, 0.2) is 18.3 Å². The number of hydrogen-bond donors (Lipinski definition) is 2. The molecule has 0 saturated carbocycles. The van der Waals surface area contributed by atoms with Crippen molar-refractivity contribution in [2.24, 2.45) is 0 Å². The first-order valence-electron chi connectivity index (χ1n) is 5.40. The average Bonchev–Trinajstić information content (AvgIpc) is 2.30. The van der Waals surface area contributed by atoms with Crippen molar-refractivity contribution in [3.63, 3.8) is 0 Å². The summed E-state index contributed by atoms with van der Waals surface area (Å²) in [6.45, 7) is 5.68. The molecule has 1 rings (SSSR count). The molecule has 0 aliphatic carbocycles. The molecule has 5 heteroatoms. The minimum atomic E-state index is 0.0850. The van der Waals surface area contributed by atoms with E-state index in [1.165, 1.54) is 0 Å². The number of nitrogens with two attached hydrogens (primary N) is 1. The summed E-state index contributed by atoms with van der Waals surface area (Å²) < 4.78 is 0. The fraction of sp³-hybridized carbons (Fsp3) is 0.455. The van der Waals surface area contributed by atoms with E-state index in [2.05, 4.69) is 10.3 Å². The highest BCUT2D eigenvalue weighted by Gasteiger charge is 2.08. The van der Waals surface area contributed by atoms with Crippen LogP contribution in [0.1, 0.15) is 13.8 Å². The third-order valence-corrected chi connectivity index (χ3v) is 2.35. The van der Waals surface area contributed by atoms with Gasteiger partial charge >= 0.3 is 0 Å². The number of nitrogen functional groups attached to an aromatic ring is 1. The molecular formula is C11H18N4O. The second kappa shape index (κ2) is 5.95. The van der Waals surface area contributed by atoms with Crippen molar-refractivity contribution in [2.75, 3.05) is 30.7 Å². The third kappa shape index (κ3) is 3.42. The van der Waals surface area contributed by atoms with Gasteiger partial charge in [-0.3, -0.25) is 4.79 Å². The Labute approximate surface area is 95.7 Å². The summed E-state index contributed by atoms with van der Waals surface area (Å²) in [6, 6.07) is 3.50. The summed E-state index contributed by atoms with van der Waals surface area (Å²) >= 11 is 0. The molecule has 0 unspecified atom stereocenters. The van der Waals surface area contributed by atoms with E-state index >= 15 is 0 Å². The number of carbonyl (C=O) groups is 1. The molecule has 0 aliphatic heterocycles. The van der Waals surface area contributed by atoms with Gasteiger partial charge in [-0.2, -0.15) is 0 Å². The van der Waals surface area contributed by atoms with E-state index in [1.54, 1.807) is 23.2 Å². The molecule has 0 bridgehead atoms. The van der Waals surface area contributed by atoms with Gasteiger partial charge in [0.25, 0.3) is 0 Å². The van der Waals surface area contributed by atoms with E-state index in [0.717, 1.165) is 18.8 Å². The van der Waals surface area contributed by atoms with Gasteiger partial charge in [0.05, 0.1) is 18.4 Å². The molecule has 0 radical (unpaired) electrons. The fourth-order valence-electron chi connectivity index (χ4n) is 1.38. The van der Waals surface area contributed by atoms with Crippen LogP contribution in [0.4, 0.5) is 11.5 Å². The van der Waals surface area contributed by atoms with Gasteiger partial charge in [0.2, 0.25) is 5.91 Å². The third-order valence-electron chi connectivity index (χ3n) is 2.35. The molecule has 0 spiro atoms. The molecule has 88 valence electrons. The molecule has 5 nitrogen and oxygen atoms in total. The molecule has 1 aromatic rings. The monoisotopic (exact) mass is 222 g/mol. The van der Waals surface area contributed by atoms with Crippen LogP contribution in [-0.2, 0) is 4.79 Å². The van der Waals surface area contributed by atoms with E-state index in [9.17, 15) is 4.79 Å². The number of aromatic nitrogens is 1. The molecule has 16 heavy (non-hydrogen) atoms. The first-order valence-corrected chi connectivity index (χ1v) is 5.40. The SMILES string of the molecule is CCN(CC)C(=O)CNc1ccc(N)nc1. The van der Waals surface area contributed by atoms with Gasteiger partial charge in [0.1, 0.15) is 5.82 Å². The van der Waals surface area contributed by atoms with E-state index in [0.29, 0.717) is 5.82 Å². The molecule has 0 aromatic carbocycles. The first kappa shape index (κ1) is 12.3. The highest BCUT2D eigenvalue weighted by Crippen LogP contribution is 2.06. The van der Waals surface area contributed by atoms with Crippen LogP contribution in [-0.4, -0.2) is 35.4 Å². The summed E-state index contributed by atoms with van der Waals surface area (Å²) in [4.78, 5) is 17.4. The maximum atomic E-state index is 11.7. The van der Waals surface area contributed by atoms with Crippen LogP contribution in [0.5, 0.6) is 0 Å². The second-order valence-electron chi connectivity index (χ2n) is 3.39. The molecule has 0 fully saturated rings. The lowest BCUT2D eigenvalue weighted by Crippen LogP contribution is -2.35. The first-order chi connectivity index (χ1) is 7.67. The summed E-state index contributed by atoms with van der Waals surface area (Å²) in [6.07, 6.45) is 1.62. The molecular weight excluding hydrogens is 204 g/mol. The molecule has 1 aromatic heterocycles. The molecule has 0 aliphatic rings. The average molecular weight is 222 g/mol. The van der Waals surface area contributed by atoms with Gasteiger partial charge in [-0.25, -0.2) is 4.98 Å². The van der Waals surface area contributed by atoms with Crippen LogP contribution in [0, 0.1) is 0 Å². The van der Waals surface area contributed by atoms with Gasteiger partial charge in [-0.15, -0.1) is 0 Å². The molecule has 1 heterocycles. The zero-order valence-electron chi connectivity index (χ0n) is 9.73. The van der Waals surface area contributed by atoms with Crippen molar-refractivity contribution in [3.8, 4) is 0 Å². The predicted molar refractivity (Wildman–Crippen MR) is 65.1 cm³/mol. The summed E-state index contributed by atoms with van der Waals surface area (Å²) in [5.41, 5.74) is 6.26. The van der Waals surface area contributed by atoms with E-state index in [1.807, 2.05) is 13.8 Å². The smallest absolute Gasteiger partial charge is 0.241 e. The zero-order valence-corrected chi connectivity index (χ0v) is 9.73. The number of pyridine rings is 1. The van der Waals surface area contributed by atoms with Gasteiger partial charge in [-0.05, 0) is 26.0 Å². The number of amides is 1. The molecule has 0 saturated heterocycles. The Balaban J connectivity index is 2.45. The highest BCUT2D eigenvalue weighted by molar-refractivity contribution is 5.80. The lowest BCUT2D eigenvalue weighted by atomic mass is 10.4. The molecule has 1 amide bonds. The highest BCUT2D eigenvalue weighted by atomic mass is 16.2. The van der Waals surface area contributed by atoms with E-state index in [-0.39, 0.29) is 12.5 Å². The summed E-state index contributed by atoms with van der Waals surface area (Å²) in [5.74, 6) is 0.558. The minimum Gasteiger partial charge on any atom is -0.384 e. The lowest BCUT2D eigenvalue weighted by Gasteiger charge is -2.18. The van der Waals surface area contributed by atoms with Gasteiger partial charge in [0, 0.05) is 13.1 Å². The number of nitrogens with one attached hydrogen (secondary N) is 1. The normalized spacial score (nSPS) is 9.88. The van der Waals surface area contributed by atoms with Crippen molar-refractivity contribution in [1.29, 1.82) is 0 Å². The maximum Gasteiger partial charge on any atom is 0.241 e. The van der Waals surface area contributed by atoms with Crippen molar-refractivity contribution < 1.29 is 4.79 Å². The van der Waals surface area contributed by atoms with Crippen LogP contribution in [0.3, 0.4) is 0 Å². The summed E-state index contributed by atoms with van der Waals surface area (Å²) in [7, 11) is 0. The Bertz CT molecular complexity index is 332. The minimum absolute atomic E-state index is 0.0850. The molecule has 3 N–H and O–H groups in total. The predicted octanol–water partition coefficient (Wildman–Crippen LogP) is 0.944. The van der Waals surface area contributed by atoms with Crippen LogP contribution < -0.4 is 11.1 Å². The van der Waals surface area contributed by atoms with Crippen molar-refractivity contribution in [2.45, 2.75) is 13.8 Å². The number of likely N-dealkylation sites (N-methyl/N-ethyl adjacent to an activating group) is 1. The van der Waals surface area contributed by atoms with E-state index < -0.39 is 0 Å². The van der Waals surface area contributed by atoms with Crippen LogP contribution >= 0.6 is 0 Å². The quantitative estimate of drug-likeness (QED) is 0.778. The Kier molecular flexibility index (Phi) is 4.57. The second-order valence-corrected chi connectivity index (χ2v) is 3.39. The number of anilines is 2. The lowest BCUT2D eigenvalue weighted by molar-refractivity contribution is -0.128. The maximum absolute atomic E-state index is 11.7.